The van der Waals surface area contributed by atoms with Crippen molar-refractivity contribution >= 4 is 23.0 Å². The predicted octanol–water partition coefficient (Wildman–Crippen LogP) is 4.26. The summed E-state index contributed by atoms with van der Waals surface area (Å²) in [6, 6.07) is 12.4. The van der Waals surface area contributed by atoms with Crippen molar-refractivity contribution in [1.82, 2.24) is 14.9 Å². The number of halogens is 2. The first-order valence-corrected chi connectivity index (χ1v) is 9.64. The van der Waals surface area contributed by atoms with Crippen LogP contribution in [0.25, 0.3) is 17.1 Å². The summed E-state index contributed by atoms with van der Waals surface area (Å²) in [6.07, 6.45) is 5.54. The fraction of sp³-hybridized carbons (Fsp3) is 0.273. The molecule has 0 aliphatic heterocycles. The maximum Gasteiger partial charge on any atom is 0.387 e. The maximum atomic E-state index is 12.5. The van der Waals surface area contributed by atoms with E-state index in [0.29, 0.717) is 18.7 Å². The summed E-state index contributed by atoms with van der Waals surface area (Å²) in [7, 11) is 0. The largest absolute Gasteiger partial charge is 0.490 e. The zero-order chi connectivity index (χ0) is 21.3. The van der Waals surface area contributed by atoms with Crippen LogP contribution in [0, 0.1) is 0 Å². The van der Waals surface area contributed by atoms with Gasteiger partial charge >= 0.3 is 6.61 Å². The Balaban J connectivity index is 1.50. The minimum atomic E-state index is -2.93. The Hall–Kier alpha value is -3.42. The molecule has 2 aromatic carbocycles. The van der Waals surface area contributed by atoms with E-state index < -0.39 is 6.61 Å². The van der Waals surface area contributed by atoms with Gasteiger partial charge in [0.25, 0.3) is 0 Å². The van der Waals surface area contributed by atoms with Crippen LogP contribution in [0.3, 0.4) is 0 Å². The van der Waals surface area contributed by atoms with Gasteiger partial charge in [-0.1, -0.05) is 18.2 Å². The van der Waals surface area contributed by atoms with Gasteiger partial charge in [0.05, 0.1) is 24.0 Å². The molecule has 3 aromatic rings. The second-order valence-corrected chi connectivity index (χ2v) is 6.42. The number of aryl methyl sites for hydroxylation is 1. The molecule has 0 aliphatic rings. The molecule has 0 aliphatic carbocycles. The Labute approximate surface area is 173 Å². The quantitative estimate of drug-likeness (QED) is 0.397. The fourth-order valence-corrected chi connectivity index (χ4v) is 2.97. The van der Waals surface area contributed by atoms with Crippen LogP contribution < -0.4 is 14.8 Å². The average molecular weight is 415 g/mol. The van der Waals surface area contributed by atoms with Crippen molar-refractivity contribution in [3.8, 4) is 11.5 Å². The predicted molar refractivity (Wildman–Crippen MR) is 111 cm³/mol. The zero-order valence-corrected chi connectivity index (χ0v) is 16.6. The van der Waals surface area contributed by atoms with Gasteiger partial charge in [-0.2, -0.15) is 8.78 Å². The van der Waals surface area contributed by atoms with E-state index in [2.05, 4.69) is 19.6 Å². The summed E-state index contributed by atoms with van der Waals surface area (Å²) in [4.78, 5) is 16.4. The number of hydrogen-bond acceptors (Lipinski definition) is 4. The van der Waals surface area contributed by atoms with Gasteiger partial charge in [0.2, 0.25) is 5.91 Å². The molecule has 8 heteroatoms. The second-order valence-electron chi connectivity index (χ2n) is 6.42. The maximum absolute atomic E-state index is 12.5. The number of nitrogens with zero attached hydrogens (tertiary/aromatic N) is 2. The number of fused-ring (bicyclic) bond motifs is 1. The van der Waals surface area contributed by atoms with E-state index in [9.17, 15) is 13.6 Å². The molecule has 0 atom stereocenters. The second kappa shape index (κ2) is 10.4. The van der Waals surface area contributed by atoms with Gasteiger partial charge in [-0.3, -0.25) is 4.79 Å². The highest BCUT2D eigenvalue weighted by Gasteiger charge is 2.11. The molecule has 0 bridgehead atoms. The number of carbonyl (C=O) groups excluding carboxylic acids is 1. The fourth-order valence-electron chi connectivity index (χ4n) is 2.97. The molecule has 158 valence electrons. The Bertz CT molecular complexity index is 1020. The van der Waals surface area contributed by atoms with Gasteiger partial charge in [0.1, 0.15) is 0 Å². The molecule has 1 amide bonds. The Kier molecular flexibility index (Phi) is 7.37. The van der Waals surface area contributed by atoms with Crippen LogP contribution >= 0.6 is 0 Å². The number of ether oxygens (including phenoxy) is 2. The first-order chi connectivity index (χ1) is 14.6. The minimum Gasteiger partial charge on any atom is -0.490 e. The molecule has 0 radical (unpaired) electrons. The van der Waals surface area contributed by atoms with Crippen molar-refractivity contribution in [3.63, 3.8) is 0 Å². The number of nitrogens with one attached hydrogen (secondary N) is 1. The summed E-state index contributed by atoms with van der Waals surface area (Å²) >= 11 is 0. The molecule has 0 saturated carbocycles. The summed E-state index contributed by atoms with van der Waals surface area (Å²) in [5.41, 5.74) is 2.65. The van der Waals surface area contributed by atoms with E-state index in [0.717, 1.165) is 24.0 Å². The Morgan fingerprint density at radius 2 is 2.07 bits per heavy atom. The lowest BCUT2D eigenvalue weighted by Crippen LogP contribution is -2.23. The third-order valence-corrected chi connectivity index (χ3v) is 4.31. The lowest BCUT2D eigenvalue weighted by atomic mass is 10.2. The van der Waals surface area contributed by atoms with E-state index in [4.69, 9.17) is 4.74 Å². The van der Waals surface area contributed by atoms with E-state index in [1.54, 1.807) is 31.5 Å². The van der Waals surface area contributed by atoms with Gasteiger partial charge in [-0.15, -0.1) is 0 Å². The van der Waals surface area contributed by atoms with Crippen LogP contribution in [0.5, 0.6) is 11.5 Å². The van der Waals surface area contributed by atoms with Crippen LogP contribution in [0.2, 0.25) is 0 Å². The number of alkyl halides is 2. The molecule has 0 spiro atoms. The highest BCUT2D eigenvalue weighted by molar-refractivity contribution is 5.91. The summed E-state index contributed by atoms with van der Waals surface area (Å²) in [5.74, 6) is -0.0789. The Morgan fingerprint density at radius 3 is 2.87 bits per heavy atom. The molecule has 3 rings (SSSR count). The first kappa shape index (κ1) is 21.3. The van der Waals surface area contributed by atoms with Crippen molar-refractivity contribution in [1.29, 1.82) is 0 Å². The van der Waals surface area contributed by atoms with Gasteiger partial charge in [0, 0.05) is 19.2 Å². The first-order valence-electron chi connectivity index (χ1n) is 9.64. The molecule has 6 nitrogen and oxygen atoms in total. The summed E-state index contributed by atoms with van der Waals surface area (Å²) in [6.45, 7) is 0.375. The number of hydrogen-bond donors (Lipinski definition) is 1. The molecule has 0 unspecified atom stereocenters. The molecule has 1 aromatic heterocycles. The molecule has 1 heterocycles. The van der Waals surface area contributed by atoms with Crippen LogP contribution in [0.1, 0.15) is 18.9 Å². The van der Waals surface area contributed by atoms with Crippen molar-refractivity contribution < 1.29 is 23.0 Å². The molecule has 0 saturated heterocycles. The van der Waals surface area contributed by atoms with Crippen molar-refractivity contribution in [2.75, 3.05) is 13.2 Å². The molecular formula is C22H23F2N3O3. The van der Waals surface area contributed by atoms with Gasteiger partial charge < -0.3 is 19.4 Å². The topological polar surface area (TPSA) is 65.4 Å². The van der Waals surface area contributed by atoms with Gasteiger partial charge in [-0.25, -0.2) is 4.98 Å². The molecular weight excluding hydrogens is 392 g/mol. The standard InChI is InChI=1S/C22H23F2N3O3/c1-2-29-20-14-16(8-10-19(20)30-22(23)24)9-11-21(28)25-12-5-13-27-15-26-17-6-3-4-7-18(17)27/h3-4,6-11,14-15,22H,2,5,12-13H2,1H3,(H,25,28)/b11-9+. The van der Waals surface area contributed by atoms with E-state index in [1.165, 1.54) is 12.1 Å². The number of carbonyl (C=O) groups is 1. The number of aromatic nitrogens is 2. The molecule has 0 fully saturated rings. The average Bonchev–Trinajstić information content (AvgIpc) is 3.14. The molecule has 1 N–H and O–H groups in total. The third kappa shape index (κ3) is 5.79. The van der Waals surface area contributed by atoms with E-state index in [1.807, 2.05) is 24.3 Å². The normalized spacial score (nSPS) is 11.3. The number of imidazole rings is 1. The monoisotopic (exact) mass is 415 g/mol. The highest BCUT2D eigenvalue weighted by atomic mass is 19.3. The van der Waals surface area contributed by atoms with Crippen LogP contribution in [-0.4, -0.2) is 35.2 Å². The minimum absolute atomic E-state index is 0.0412. The third-order valence-electron chi connectivity index (χ3n) is 4.31. The molecule has 30 heavy (non-hydrogen) atoms. The van der Waals surface area contributed by atoms with Crippen LogP contribution in [-0.2, 0) is 11.3 Å². The lowest BCUT2D eigenvalue weighted by Gasteiger charge is -2.11. The zero-order valence-electron chi connectivity index (χ0n) is 16.6. The van der Waals surface area contributed by atoms with Crippen molar-refractivity contribution in [3.05, 3.63) is 60.4 Å². The van der Waals surface area contributed by atoms with Gasteiger partial charge in [-0.05, 0) is 49.2 Å². The van der Waals surface area contributed by atoms with Gasteiger partial charge in [0.15, 0.2) is 11.5 Å². The number of benzene rings is 2. The van der Waals surface area contributed by atoms with Crippen LogP contribution in [0.4, 0.5) is 8.78 Å². The number of rotatable bonds is 10. The highest BCUT2D eigenvalue weighted by Crippen LogP contribution is 2.30. The smallest absolute Gasteiger partial charge is 0.387 e. The van der Waals surface area contributed by atoms with Crippen LogP contribution in [0.15, 0.2) is 54.9 Å². The summed E-state index contributed by atoms with van der Waals surface area (Å²) in [5, 5.41) is 2.83. The summed E-state index contributed by atoms with van der Waals surface area (Å²) < 4.78 is 36.7. The Morgan fingerprint density at radius 1 is 1.23 bits per heavy atom. The van der Waals surface area contributed by atoms with Crippen molar-refractivity contribution in [2.45, 2.75) is 26.5 Å². The number of para-hydroxylation sites is 2. The van der Waals surface area contributed by atoms with E-state index >= 15 is 0 Å². The van der Waals surface area contributed by atoms with E-state index in [-0.39, 0.29) is 17.4 Å². The SMILES string of the molecule is CCOc1cc(/C=C/C(=O)NCCCn2cnc3ccccc32)ccc1OC(F)F. The van der Waals surface area contributed by atoms with Crippen molar-refractivity contribution in [2.24, 2.45) is 0 Å². The lowest BCUT2D eigenvalue weighted by molar-refractivity contribution is -0.116. The number of amides is 1.